The van der Waals surface area contributed by atoms with Crippen molar-refractivity contribution >= 4 is 8.07 Å². The largest absolute Gasteiger partial charge is 0.496 e. The lowest BCUT2D eigenvalue weighted by Gasteiger charge is -2.16. The number of methoxy groups -OCH3 is 1. The minimum Gasteiger partial charge on any atom is -0.496 e. The zero-order valence-corrected chi connectivity index (χ0v) is 10.6. The van der Waals surface area contributed by atoms with Crippen molar-refractivity contribution in [3.05, 3.63) is 29.8 Å². The van der Waals surface area contributed by atoms with Gasteiger partial charge in [-0.05, 0) is 18.1 Å². The maximum Gasteiger partial charge on any atom is 0.122 e. The Bertz CT molecular complexity index is 289. The van der Waals surface area contributed by atoms with Crippen LogP contribution in [0.4, 0.5) is 0 Å². The van der Waals surface area contributed by atoms with Crippen LogP contribution >= 0.6 is 0 Å². The third-order valence-corrected chi connectivity index (χ3v) is 4.09. The predicted octanol–water partition coefficient (Wildman–Crippen LogP) is 3.58. The zero-order chi connectivity index (χ0) is 10.6. The van der Waals surface area contributed by atoms with Gasteiger partial charge in [0.25, 0.3) is 0 Å². The topological polar surface area (TPSA) is 9.23 Å². The molecule has 0 saturated carbocycles. The van der Waals surface area contributed by atoms with E-state index in [1.807, 2.05) is 12.1 Å². The molecule has 1 nitrogen and oxygen atoms in total. The number of rotatable bonds is 4. The lowest BCUT2D eigenvalue weighted by Crippen LogP contribution is -2.20. The molecule has 0 fully saturated rings. The summed E-state index contributed by atoms with van der Waals surface area (Å²) in [5.74, 6) is 1.03. The van der Waals surface area contributed by atoms with Gasteiger partial charge in [0.15, 0.2) is 0 Å². The van der Waals surface area contributed by atoms with Gasteiger partial charge in [0.2, 0.25) is 0 Å². The minimum atomic E-state index is -0.931. The molecule has 0 saturated heterocycles. The predicted molar refractivity (Wildman–Crippen MR) is 64.9 cm³/mol. The summed E-state index contributed by atoms with van der Waals surface area (Å²) in [5, 5.41) is 0. The zero-order valence-electron chi connectivity index (χ0n) is 9.63. The molecule has 0 heterocycles. The maximum absolute atomic E-state index is 5.33. The van der Waals surface area contributed by atoms with Crippen LogP contribution in [0.3, 0.4) is 0 Å². The Morgan fingerprint density at radius 3 is 2.36 bits per heavy atom. The average molecular weight is 208 g/mol. The summed E-state index contributed by atoms with van der Waals surface area (Å²) < 4.78 is 5.33. The van der Waals surface area contributed by atoms with Crippen LogP contribution in [-0.4, -0.2) is 15.2 Å². The molecular weight excluding hydrogens is 188 g/mol. The fourth-order valence-corrected chi connectivity index (χ4v) is 2.44. The van der Waals surface area contributed by atoms with Crippen LogP contribution in [0.15, 0.2) is 24.3 Å². The molecule has 0 aliphatic carbocycles. The van der Waals surface area contributed by atoms with E-state index in [4.69, 9.17) is 4.74 Å². The SMILES string of the molecule is COc1ccccc1CC[Si](C)(C)C. The molecule has 1 aromatic carbocycles. The van der Waals surface area contributed by atoms with E-state index in [0.717, 1.165) is 12.2 Å². The van der Waals surface area contributed by atoms with Gasteiger partial charge in [-0.1, -0.05) is 43.9 Å². The second kappa shape index (κ2) is 4.65. The van der Waals surface area contributed by atoms with Gasteiger partial charge in [-0.15, -0.1) is 0 Å². The molecule has 0 atom stereocenters. The Morgan fingerprint density at radius 2 is 1.79 bits per heavy atom. The van der Waals surface area contributed by atoms with Gasteiger partial charge >= 0.3 is 0 Å². The molecule has 2 heteroatoms. The van der Waals surface area contributed by atoms with Crippen molar-refractivity contribution in [3.63, 3.8) is 0 Å². The number of hydrogen-bond acceptors (Lipinski definition) is 1. The van der Waals surface area contributed by atoms with Crippen molar-refractivity contribution in [1.82, 2.24) is 0 Å². The Morgan fingerprint density at radius 1 is 1.14 bits per heavy atom. The van der Waals surface area contributed by atoms with Gasteiger partial charge < -0.3 is 4.74 Å². The van der Waals surface area contributed by atoms with E-state index in [9.17, 15) is 0 Å². The van der Waals surface area contributed by atoms with Crippen molar-refractivity contribution in [3.8, 4) is 5.75 Å². The molecule has 0 unspecified atom stereocenters. The quantitative estimate of drug-likeness (QED) is 0.687. The van der Waals surface area contributed by atoms with E-state index in [2.05, 4.69) is 31.8 Å². The average Bonchev–Trinajstić information content (AvgIpc) is 2.14. The monoisotopic (exact) mass is 208 g/mol. The molecule has 78 valence electrons. The molecule has 0 bridgehead atoms. The normalized spacial score (nSPS) is 11.4. The minimum absolute atomic E-state index is 0.931. The first kappa shape index (κ1) is 11.3. The van der Waals surface area contributed by atoms with Crippen LogP contribution in [0, 0.1) is 0 Å². The fourth-order valence-electron chi connectivity index (χ4n) is 1.42. The van der Waals surface area contributed by atoms with Gasteiger partial charge in [0, 0.05) is 8.07 Å². The first-order valence-corrected chi connectivity index (χ1v) is 8.85. The molecule has 0 radical (unpaired) electrons. The number of aryl methyl sites for hydroxylation is 1. The van der Waals surface area contributed by atoms with E-state index < -0.39 is 8.07 Å². The highest BCUT2D eigenvalue weighted by atomic mass is 28.3. The molecule has 1 aromatic rings. The molecule has 14 heavy (non-hydrogen) atoms. The summed E-state index contributed by atoms with van der Waals surface area (Å²) >= 11 is 0. The molecule has 0 amide bonds. The molecule has 0 aromatic heterocycles. The number of hydrogen-bond donors (Lipinski definition) is 0. The van der Waals surface area contributed by atoms with Crippen LogP contribution in [-0.2, 0) is 6.42 Å². The van der Waals surface area contributed by atoms with Gasteiger partial charge in [0.05, 0.1) is 7.11 Å². The van der Waals surface area contributed by atoms with Crippen molar-refractivity contribution in [1.29, 1.82) is 0 Å². The lowest BCUT2D eigenvalue weighted by atomic mass is 10.1. The molecule has 1 rings (SSSR count). The van der Waals surface area contributed by atoms with Gasteiger partial charge in [0.1, 0.15) is 5.75 Å². The third kappa shape index (κ3) is 3.54. The van der Waals surface area contributed by atoms with E-state index in [1.54, 1.807) is 7.11 Å². The van der Waals surface area contributed by atoms with Crippen molar-refractivity contribution < 1.29 is 4.74 Å². The Labute approximate surface area is 88.1 Å². The van der Waals surface area contributed by atoms with Crippen LogP contribution in [0.2, 0.25) is 25.7 Å². The summed E-state index contributed by atoms with van der Waals surface area (Å²) in [4.78, 5) is 0. The van der Waals surface area contributed by atoms with E-state index >= 15 is 0 Å². The van der Waals surface area contributed by atoms with Crippen molar-refractivity contribution in [2.24, 2.45) is 0 Å². The summed E-state index contributed by atoms with van der Waals surface area (Å²) in [6, 6.07) is 9.64. The van der Waals surface area contributed by atoms with E-state index in [1.165, 1.54) is 11.6 Å². The molecule has 0 aliphatic rings. The first-order valence-electron chi connectivity index (χ1n) is 5.15. The van der Waals surface area contributed by atoms with Crippen molar-refractivity contribution in [2.75, 3.05) is 7.11 Å². The summed E-state index contributed by atoms with van der Waals surface area (Å²) in [6.45, 7) is 7.22. The molecule has 0 N–H and O–H groups in total. The Balaban J connectivity index is 2.67. The summed E-state index contributed by atoms with van der Waals surface area (Å²) in [7, 11) is 0.812. The smallest absolute Gasteiger partial charge is 0.122 e. The summed E-state index contributed by atoms with van der Waals surface area (Å²) in [6.07, 6.45) is 1.15. The molecule has 0 aliphatic heterocycles. The van der Waals surface area contributed by atoms with Gasteiger partial charge in [-0.3, -0.25) is 0 Å². The standard InChI is InChI=1S/C12H20OSi/c1-13-12-8-6-5-7-11(12)9-10-14(2,3)4/h5-8H,9-10H2,1-4H3. The third-order valence-electron chi connectivity index (χ3n) is 2.34. The summed E-state index contributed by atoms with van der Waals surface area (Å²) in [5.41, 5.74) is 1.34. The second-order valence-corrected chi connectivity index (χ2v) is 10.5. The fraction of sp³-hybridized carbons (Fsp3) is 0.500. The number of ether oxygens (including phenoxy) is 1. The van der Waals surface area contributed by atoms with Crippen LogP contribution < -0.4 is 4.74 Å². The highest BCUT2D eigenvalue weighted by Crippen LogP contribution is 2.21. The van der Waals surface area contributed by atoms with Crippen LogP contribution in [0.5, 0.6) is 5.75 Å². The highest BCUT2D eigenvalue weighted by molar-refractivity contribution is 6.76. The van der Waals surface area contributed by atoms with Gasteiger partial charge in [-0.2, -0.15) is 0 Å². The van der Waals surface area contributed by atoms with Gasteiger partial charge in [-0.25, -0.2) is 0 Å². The lowest BCUT2D eigenvalue weighted by molar-refractivity contribution is 0.410. The highest BCUT2D eigenvalue weighted by Gasteiger charge is 2.13. The van der Waals surface area contributed by atoms with Crippen molar-refractivity contribution in [2.45, 2.75) is 32.1 Å². The Kier molecular flexibility index (Phi) is 3.75. The first-order chi connectivity index (χ1) is 6.53. The maximum atomic E-state index is 5.33. The number of para-hydroxylation sites is 1. The Hall–Kier alpha value is -0.763. The van der Waals surface area contributed by atoms with E-state index in [-0.39, 0.29) is 0 Å². The number of benzene rings is 1. The molecule has 0 spiro atoms. The molecular formula is C12H20OSi. The van der Waals surface area contributed by atoms with E-state index in [0.29, 0.717) is 0 Å². The second-order valence-electron chi connectivity index (χ2n) is 4.87. The van der Waals surface area contributed by atoms with Crippen LogP contribution in [0.25, 0.3) is 0 Å². The van der Waals surface area contributed by atoms with Crippen LogP contribution in [0.1, 0.15) is 5.56 Å².